The number of nitrogens with two attached hydrogens (primary N) is 1. The third-order valence-corrected chi connectivity index (χ3v) is 4.17. The third-order valence-electron chi connectivity index (χ3n) is 4.17. The van der Waals surface area contributed by atoms with Gasteiger partial charge in [0.25, 0.3) is 0 Å². The lowest BCUT2D eigenvalue weighted by Gasteiger charge is -2.26. The highest BCUT2D eigenvalue weighted by Gasteiger charge is 2.20. The molecule has 19 heavy (non-hydrogen) atoms. The van der Waals surface area contributed by atoms with Gasteiger partial charge in [0.15, 0.2) is 0 Å². The zero-order valence-corrected chi connectivity index (χ0v) is 11.2. The van der Waals surface area contributed by atoms with Crippen LogP contribution in [-0.2, 0) is 7.05 Å². The van der Waals surface area contributed by atoms with Crippen molar-refractivity contribution in [2.75, 3.05) is 0 Å². The molecule has 0 spiro atoms. The number of nitrogens with one attached hydrogen (secondary N) is 1. The smallest absolute Gasteiger partial charge is 0.0878 e. The summed E-state index contributed by atoms with van der Waals surface area (Å²) in [6.07, 6.45) is 5.83. The quantitative estimate of drug-likeness (QED) is 0.651. The van der Waals surface area contributed by atoms with Crippen LogP contribution < -0.4 is 11.3 Å². The molecule has 1 unspecified atom stereocenters. The van der Waals surface area contributed by atoms with Crippen LogP contribution in [0.5, 0.6) is 0 Å². The second-order valence-electron chi connectivity index (χ2n) is 5.27. The van der Waals surface area contributed by atoms with Gasteiger partial charge in [-0.1, -0.05) is 30.7 Å². The molecule has 0 bridgehead atoms. The molecule has 1 aromatic heterocycles. The Morgan fingerprint density at radius 2 is 2.00 bits per heavy atom. The lowest BCUT2D eigenvalue weighted by Crippen LogP contribution is -2.30. The standard InChI is InChI=1S/C15H20N4/c1-19-14(9-10-17-19)15(18-16)13-7-5-12(6-8-13)11-3-2-4-11/h5-11,15,18H,2-4,16H2,1H3. The predicted molar refractivity (Wildman–Crippen MR) is 75.4 cm³/mol. The molecule has 1 saturated carbocycles. The molecule has 100 valence electrons. The van der Waals surface area contributed by atoms with E-state index in [4.69, 9.17) is 5.84 Å². The van der Waals surface area contributed by atoms with E-state index in [1.165, 1.54) is 30.4 Å². The molecule has 0 aliphatic heterocycles. The SMILES string of the molecule is Cn1nccc1C(NN)c1ccc(C2CCC2)cc1. The van der Waals surface area contributed by atoms with Gasteiger partial charge in [-0.3, -0.25) is 10.5 Å². The molecular formula is C15H20N4. The van der Waals surface area contributed by atoms with Crippen LogP contribution in [0.2, 0.25) is 0 Å². The van der Waals surface area contributed by atoms with E-state index >= 15 is 0 Å². The Morgan fingerprint density at radius 1 is 1.26 bits per heavy atom. The van der Waals surface area contributed by atoms with Crippen molar-refractivity contribution in [1.82, 2.24) is 15.2 Å². The van der Waals surface area contributed by atoms with Crippen LogP contribution >= 0.6 is 0 Å². The fourth-order valence-electron chi connectivity index (χ4n) is 2.72. The van der Waals surface area contributed by atoms with Crippen LogP contribution in [0, 0.1) is 0 Å². The molecule has 1 fully saturated rings. The van der Waals surface area contributed by atoms with Gasteiger partial charge in [-0.25, -0.2) is 5.43 Å². The highest BCUT2D eigenvalue weighted by Crippen LogP contribution is 2.36. The van der Waals surface area contributed by atoms with Gasteiger partial charge in [-0.05, 0) is 36.0 Å². The number of rotatable bonds is 4. The van der Waals surface area contributed by atoms with E-state index in [1.807, 2.05) is 17.8 Å². The molecule has 4 heteroatoms. The van der Waals surface area contributed by atoms with E-state index in [9.17, 15) is 0 Å². The number of hydrazine groups is 1. The molecule has 3 rings (SSSR count). The summed E-state index contributed by atoms with van der Waals surface area (Å²) in [4.78, 5) is 0. The molecule has 0 radical (unpaired) electrons. The van der Waals surface area contributed by atoms with E-state index in [0.717, 1.165) is 11.6 Å². The maximum absolute atomic E-state index is 5.71. The number of benzene rings is 1. The Balaban J connectivity index is 1.85. The molecule has 1 atom stereocenters. The molecular weight excluding hydrogens is 236 g/mol. The van der Waals surface area contributed by atoms with Crippen molar-refractivity contribution in [3.63, 3.8) is 0 Å². The number of aromatic nitrogens is 2. The van der Waals surface area contributed by atoms with Crippen LogP contribution in [0.1, 0.15) is 48.0 Å². The summed E-state index contributed by atoms with van der Waals surface area (Å²) in [5.74, 6) is 6.48. The average Bonchev–Trinajstić information content (AvgIpc) is 2.77. The zero-order valence-electron chi connectivity index (χ0n) is 11.2. The van der Waals surface area contributed by atoms with Crippen LogP contribution in [0.4, 0.5) is 0 Å². The predicted octanol–water partition coefficient (Wildman–Crippen LogP) is 2.24. The third kappa shape index (κ3) is 2.29. The highest BCUT2D eigenvalue weighted by atomic mass is 15.3. The molecule has 1 heterocycles. The second-order valence-corrected chi connectivity index (χ2v) is 5.27. The summed E-state index contributed by atoms with van der Waals surface area (Å²) < 4.78 is 1.85. The molecule has 3 N–H and O–H groups in total. The van der Waals surface area contributed by atoms with Crippen molar-refractivity contribution in [3.05, 3.63) is 53.3 Å². The largest absolute Gasteiger partial charge is 0.271 e. The van der Waals surface area contributed by atoms with Gasteiger partial charge in [0.2, 0.25) is 0 Å². The van der Waals surface area contributed by atoms with Crippen molar-refractivity contribution >= 4 is 0 Å². The Bertz CT molecular complexity index is 540. The number of hydrogen-bond acceptors (Lipinski definition) is 3. The molecule has 2 aromatic rings. The molecule has 0 saturated heterocycles. The lowest BCUT2D eigenvalue weighted by atomic mass is 9.80. The van der Waals surface area contributed by atoms with Crippen LogP contribution in [-0.4, -0.2) is 9.78 Å². The fraction of sp³-hybridized carbons (Fsp3) is 0.400. The van der Waals surface area contributed by atoms with Gasteiger partial charge in [0.1, 0.15) is 0 Å². The van der Waals surface area contributed by atoms with E-state index in [-0.39, 0.29) is 6.04 Å². The minimum Gasteiger partial charge on any atom is -0.271 e. The lowest BCUT2D eigenvalue weighted by molar-refractivity contribution is 0.419. The summed E-state index contributed by atoms with van der Waals surface area (Å²) in [6, 6.07) is 10.8. The summed E-state index contributed by atoms with van der Waals surface area (Å²) >= 11 is 0. The van der Waals surface area contributed by atoms with Gasteiger partial charge >= 0.3 is 0 Å². The van der Waals surface area contributed by atoms with Crippen molar-refractivity contribution in [1.29, 1.82) is 0 Å². The fourth-order valence-corrected chi connectivity index (χ4v) is 2.72. The Morgan fingerprint density at radius 3 is 2.47 bits per heavy atom. The Labute approximate surface area is 113 Å². The van der Waals surface area contributed by atoms with E-state index in [2.05, 4.69) is 34.8 Å². The van der Waals surface area contributed by atoms with Gasteiger partial charge in [0, 0.05) is 13.2 Å². The van der Waals surface area contributed by atoms with Crippen molar-refractivity contribution < 1.29 is 0 Å². The number of hydrogen-bond donors (Lipinski definition) is 2. The maximum atomic E-state index is 5.71. The molecule has 0 amide bonds. The first-order chi connectivity index (χ1) is 9.29. The summed E-state index contributed by atoms with van der Waals surface area (Å²) in [7, 11) is 1.93. The molecule has 1 aliphatic rings. The van der Waals surface area contributed by atoms with Gasteiger partial charge < -0.3 is 0 Å². The molecule has 4 nitrogen and oxygen atoms in total. The Kier molecular flexibility index (Phi) is 3.36. The summed E-state index contributed by atoms with van der Waals surface area (Å²) in [6.45, 7) is 0. The molecule has 1 aromatic carbocycles. The second kappa shape index (κ2) is 5.15. The van der Waals surface area contributed by atoms with Gasteiger partial charge in [-0.15, -0.1) is 0 Å². The summed E-state index contributed by atoms with van der Waals surface area (Å²) in [5, 5.41) is 4.20. The number of aryl methyl sites for hydroxylation is 1. The van der Waals surface area contributed by atoms with Crippen molar-refractivity contribution in [2.24, 2.45) is 12.9 Å². The average molecular weight is 256 g/mol. The highest BCUT2D eigenvalue weighted by molar-refractivity contribution is 5.32. The maximum Gasteiger partial charge on any atom is 0.0878 e. The minimum atomic E-state index is -0.0112. The zero-order chi connectivity index (χ0) is 13.2. The van der Waals surface area contributed by atoms with Crippen molar-refractivity contribution in [3.8, 4) is 0 Å². The first-order valence-corrected chi connectivity index (χ1v) is 6.83. The minimum absolute atomic E-state index is 0.0112. The summed E-state index contributed by atoms with van der Waals surface area (Å²) in [5.41, 5.74) is 6.58. The van der Waals surface area contributed by atoms with Gasteiger partial charge in [0.05, 0.1) is 11.7 Å². The monoisotopic (exact) mass is 256 g/mol. The molecule has 1 aliphatic carbocycles. The van der Waals surface area contributed by atoms with Crippen LogP contribution in [0.3, 0.4) is 0 Å². The van der Waals surface area contributed by atoms with E-state index in [0.29, 0.717) is 0 Å². The van der Waals surface area contributed by atoms with Crippen LogP contribution in [0.25, 0.3) is 0 Å². The topological polar surface area (TPSA) is 55.9 Å². The van der Waals surface area contributed by atoms with Crippen LogP contribution in [0.15, 0.2) is 36.5 Å². The van der Waals surface area contributed by atoms with Gasteiger partial charge in [-0.2, -0.15) is 5.10 Å². The first kappa shape index (κ1) is 12.4. The Hall–Kier alpha value is -1.65. The van der Waals surface area contributed by atoms with E-state index < -0.39 is 0 Å². The normalized spacial score (nSPS) is 17.2. The van der Waals surface area contributed by atoms with E-state index in [1.54, 1.807) is 6.20 Å². The van der Waals surface area contributed by atoms with Crippen molar-refractivity contribution in [2.45, 2.75) is 31.2 Å². The first-order valence-electron chi connectivity index (χ1n) is 6.83. The number of nitrogens with zero attached hydrogens (tertiary/aromatic N) is 2.